The van der Waals surface area contributed by atoms with Crippen LogP contribution >= 0.6 is 0 Å². The third-order valence-electron chi connectivity index (χ3n) is 9.63. The van der Waals surface area contributed by atoms with Crippen LogP contribution < -0.4 is 9.64 Å². The number of hydrogen-bond donors (Lipinski definition) is 1. The second-order valence-electron chi connectivity index (χ2n) is 14.1. The maximum Gasteiger partial charge on any atom is 0.337 e. The van der Waals surface area contributed by atoms with Crippen molar-refractivity contribution in [1.82, 2.24) is 19.4 Å². The van der Waals surface area contributed by atoms with Gasteiger partial charge >= 0.3 is 5.97 Å². The van der Waals surface area contributed by atoms with E-state index in [-0.39, 0.29) is 5.75 Å². The van der Waals surface area contributed by atoms with E-state index in [0.29, 0.717) is 47.1 Å². The summed E-state index contributed by atoms with van der Waals surface area (Å²) in [7, 11) is 6.23. The molecule has 1 aromatic carbocycles. The monoisotopic (exact) mass is 643 g/mol. The van der Waals surface area contributed by atoms with Gasteiger partial charge in [0.05, 0.1) is 17.9 Å². The fraction of sp³-hybridized carbons (Fsp3) is 0.486. The summed E-state index contributed by atoms with van der Waals surface area (Å²) >= 11 is 0. The Labute approximate surface area is 276 Å². The number of halogens is 1. The minimum atomic E-state index is -1.32. The first-order valence-electron chi connectivity index (χ1n) is 16.5. The lowest BCUT2D eigenvalue weighted by molar-refractivity contribution is -0.160. The standard InChI is InChI=1S/C37H46FN5O4/c1-21-25-10-9-17-46-33(25)28(38)19-26(21)32-27-20-29(23-11-14-39-30(18-23)43-15-12-24(13-16-43)41(6)7)42(8)35(27)40-22(2)31(32)34(36(44)45)47-37(3,4)5/h11,14,18-20,24,34H,9-10,12-13,15-17H2,1-8H3,(H,44,45). The summed E-state index contributed by atoms with van der Waals surface area (Å²) in [6.07, 6.45) is 4.13. The van der Waals surface area contributed by atoms with Crippen molar-refractivity contribution in [3.8, 4) is 28.1 Å². The van der Waals surface area contributed by atoms with Crippen molar-refractivity contribution in [3.05, 3.63) is 58.7 Å². The maximum absolute atomic E-state index is 15.8. The molecular formula is C37H46FN5O4. The molecule has 6 rings (SSSR count). The number of carboxylic acid groups (broad SMARTS) is 1. The van der Waals surface area contributed by atoms with Crippen LogP contribution in [0.4, 0.5) is 10.2 Å². The first kappa shape index (κ1) is 32.9. The summed E-state index contributed by atoms with van der Waals surface area (Å²) in [6, 6.07) is 8.20. The van der Waals surface area contributed by atoms with Crippen molar-refractivity contribution in [2.75, 3.05) is 38.7 Å². The van der Waals surface area contributed by atoms with E-state index < -0.39 is 23.5 Å². The Balaban J connectivity index is 1.56. The van der Waals surface area contributed by atoms with Crippen LogP contribution in [0.3, 0.4) is 0 Å². The van der Waals surface area contributed by atoms with Crippen molar-refractivity contribution in [2.24, 2.45) is 7.05 Å². The summed E-state index contributed by atoms with van der Waals surface area (Å²) in [4.78, 5) is 27.2. The van der Waals surface area contributed by atoms with E-state index in [4.69, 9.17) is 19.4 Å². The van der Waals surface area contributed by atoms with Crippen LogP contribution in [0, 0.1) is 19.7 Å². The molecule has 1 N–H and O–H groups in total. The van der Waals surface area contributed by atoms with Gasteiger partial charge < -0.3 is 28.9 Å². The van der Waals surface area contributed by atoms with Crippen LogP contribution in [0.1, 0.15) is 68.5 Å². The van der Waals surface area contributed by atoms with E-state index in [1.807, 2.05) is 64.6 Å². The average molecular weight is 644 g/mol. The number of carboxylic acids is 1. The first-order valence-corrected chi connectivity index (χ1v) is 16.5. The second-order valence-corrected chi connectivity index (χ2v) is 14.1. The minimum absolute atomic E-state index is 0.287. The number of fused-ring (bicyclic) bond motifs is 2. The topological polar surface area (TPSA) is 93.0 Å². The van der Waals surface area contributed by atoms with Gasteiger partial charge in [0.15, 0.2) is 17.7 Å². The Hall–Kier alpha value is -4.02. The van der Waals surface area contributed by atoms with Crippen molar-refractivity contribution in [3.63, 3.8) is 0 Å². The van der Waals surface area contributed by atoms with E-state index in [9.17, 15) is 9.90 Å². The quantitative estimate of drug-likeness (QED) is 0.234. The van der Waals surface area contributed by atoms with E-state index in [0.717, 1.165) is 65.9 Å². The highest BCUT2D eigenvalue weighted by Crippen LogP contribution is 2.45. The Bertz CT molecular complexity index is 1840. The number of piperidine rings is 1. The molecule has 0 amide bonds. The van der Waals surface area contributed by atoms with Crippen molar-refractivity contribution < 1.29 is 23.8 Å². The Morgan fingerprint density at radius 2 is 1.89 bits per heavy atom. The highest BCUT2D eigenvalue weighted by Gasteiger charge is 2.34. The zero-order valence-electron chi connectivity index (χ0n) is 28.8. The van der Waals surface area contributed by atoms with Gasteiger partial charge in [0.2, 0.25) is 0 Å². The molecule has 1 fully saturated rings. The Morgan fingerprint density at radius 1 is 1.17 bits per heavy atom. The van der Waals surface area contributed by atoms with Crippen molar-refractivity contribution in [2.45, 2.75) is 78.0 Å². The summed E-state index contributed by atoms with van der Waals surface area (Å²) in [5.41, 5.74) is 5.66. The molecule has 250 valence electrons. The lowest BCUT2D eigenvalue weighted by Gasteiger charge is -2.35. The number of rotatable bonds is 7. The summed E-state index contributed by atoms with van der Waals surface area (Å²) in [5, 5.41) is 11.3. The maximum atomic E-state index is 15.8. The average Bonchev–Trinajstić information content (AvgIpc) is 3.36. The number of aliphatic carboxylic acids is 1. The number of aromatic nitrogens is 3. The minimum Gasteiger partial charge on any atom is -0.490 e. The molecule has 0 radical (unpaired) electrons. The molecule has 0 saturated carbocycles. The molecule has 47 heavy (non-hydrogen) atoms. The summed E-state index contributed by atoms with van der Waals surface area (Å²) in [5.74, 6) is -0.370. The highest BCUT2D eigenvalue weighted by molar-refractivity contribution is 6.01. The first-order chi connectivity index (χ1) is 22.2. The third kappa shape index (κ3) is 6.21. The van der Waals surface area contributed by atoms with Crippen LogP contribution in [0.2, 0.25) is 0 Å². The van der Waals surface area contributed by atoms with Gasteiger partial charge in [0, 0.05) is 65.7 Å². The fourth-order valence-electron chi connectivity index (χ4n) is 7.21. The lowest BCUT2D eigenvalue weighted by atomic mass is 9.86. The highest BCUT2D eigenvalue weighted by atomic mass is 19.1. The number of anilines is 1. The predicted octanol–water partition coefficient (Wildman–Crippen LogP) is 6.85. The van der Waals surface area contributed by atoms with Crippen LogP contribution in [0.5, 0.6) is 5.75 Å². The number of benzene rings is 1. The molecule has 3 aromatic heterocycles. The summed E-state index contributed by atoms with van der Waals surface area (Å²) < 4.78 is 29.8. The number of aryl methyl sites for hydroxylation is 2. The fourth-order valence-corrected chi connectivity index (χ4v) is 7.21. The van der Waals surface area contributed by atoms with Gasteiger partial charge in [-0.15, -0.1) is 0 Å². The number of pyridine rings is 2. The molecule has 0 aliphatic carbocycles. The predicted molar refractivity (Wildman–Crippen MR) is 183 cm³/mol. The molecule has 4 aromatic rings. The Morgan fingerprint density at radius 3 is 2.55 bits per heavy atom. The zero-order valence-corrected chi connectivity index (χ0v) is 28.8. The van der Waals surface area contributed by atoms with Gasteiger partial charge in [0.25, 0.3) is 0 Å². The molecular weight excluding hydrogens is 597 g/mol. The van der Waals surface area contributed by atoms with Gasteiger partial charge in [-0.3, -0.25) is 0 Å². The van der Waals surface area contributed by atoms with Crippen molar-refractivity contribution >= 4 is 22.8 Å². The molecule has 2 aliphatic rings. The van der Waals surface area contributed by atoms with E-state index in [1.54, 1.807) is 0 Å². The molecule has 2 aliphatic heterocycles. The molecule has 9 nitrogen and oxygen atoms in total. The van der Waals surface area contributed by atoms with Crippen LogP contribution in [-0.4, -0.2) is 75.9 Å². The van der Waals surface area contributed by atoms with Gasteiger partial charge in [0.1, 0.15) is 11.5 Å². The number of ether oxygens (including phenoxy) is 2. The van der Waals surface area contributed by atoms with Gasteiger partial charge in [-0.1, -0.05) is 0 Å². The molecule has 1 saturated heterocycles. The Kier molecular flexibility index (Phi) is 8.78. The molecule has 0 spiro atoms. The normalized spacial score (nSPS) is 16.4. The molecule has 1 atom stereocenters. The molecule has 1 unspecified atom stereocenters. The van der Waals surface area contributed by atoms with E-state index >= 15 is 4.39 Å². The van der Waals surface area contributed by atoms with Crippen LogP contribution in [0.15, 0.2) is 30.5 Å². The molecule has 5 heterocycles. The van der Waals surface area contributed by atoms with Crippen LogP contribution in [0.25, 0.3) is 33.4 Å². The zero-order chi connectivity index (χ0) is 33.8. The van der Waals surface area contributed by atoms with Gasteiger partial charge in [-0.2, -0.15) is 0 Å². The third-order valence-corrected chi connectivity index (χ3v) is 9.63. The van der Waals surface area contributed by atoms with E-state index in [2.05, 4.69) is 30.0 Å². The number of hydrogen-bond acceptors (Lipinski definition) is 7. The lowest BCUT2D eigenvalue weighted by Crippen LogP contribution is -2.42. The van der Waals surface area contributed by atoms with Gasteiger partial charge in [-0.05, 0) is 110 Å². The van der Waals surface area contributed by atoms with Crippen LogP contribution in [-0.2, 0) is 23.0 Å². The summed E-state index contributed by atoms with van der Waals surface area (Å²) in [6.45, 7) is 11.6. The molecule has 10 heteroatoms. The second kappa shape index (κ2) is 12.5. The molecule has 0 bridgehead atoms. The largest absolute Gasteiger partial charge is 0.490 e. The van der Waals surface area contributed by atoms with Gasteiger partial charge in [-0.25, -0.2) is 19.2 Å². The SMILES string of the molecule is Cc1nc2c(cc(-c3ccnc(N4CCC(N(C)C)CC4)c3)n2C)c(-c2cc(F)c3c(c2C)CCCO3)c1C(OC(C)(C)C)C(=O)O. The van der Waals surface area contributed by atoms with Crippen molar-refractivity contribution in [1.29, 1.82) is 0 Å². The smallest absolute Gasteiger partial charge is 0.337 e. The number of nitrogens with zero attached hydrogens (tertiary/aromatic N) is 5. The van der Waals surface area contributed by atoms with E-state index in [1.165, 1.54) is 6.07 Å². The number of carbonyl (C=O) groups is 1.